The summed E-state index contributed by atoms with van der Waals surface area (Å²) in [5.74, 6) is -0.202. The molecule has 2 heterocycles. The predicted molar refractivity (Wildman–Crippen MR) is 114 cm³/mol. The van der Waals surface area contributed by atoms with E-state index in [9.17, 15) is 14.7 Å². The third kappa shape index (κ3) is 6.96. The van der Waals surface area contributed by atoms with Gasteiger partial charge >= 0.3 is 6.09 Å². The van der Waals surface area contributed by atoms with Crippen LogP contribution in [0.1, 0.15) is 24.8 Å². The number of carbonyl (C=O) groups excluding carboxylic acids is 2. The van der Waals surface area contributed by atoms with E-state index in [4.69, 9.17) is 9.57 Å². The lowest BCUT2D eigenvalue weighted by Gasteiger charge is -2.13. The lowest BCUT2D eigenvalue weighted by atomic mass is 10.2. The topological polar surface area (TPSA) is 122 Å². The number of rotatable bonds is 9. The fraction of sp³-hybridized carbons (Fsp3) is 0.400. The standard InChI is InChI=1S/C20H23BrN4O5/c21-18-8-16(30-25-18)11-23-19(27)6-5-15(26)10-24-20(28)29-12-13-7-14-3-1-2-4-17(14)22-9-13/h1-4,7,9,15-16,26H,5-6,8,10-12H2,(H,23,27)(H,24,28). The number of fused-ring (bicyclic) bond motifs is 1. The first kappa shape index (κ1) is 22.0. The molecule has 0 spiro atoms. The summed E-state index contributed by atoms with van der Waals surface area (Å²) in [7, 11) is 0. The number of carbonyl (C=O) groups is 2. The molecule has 1 aliphatic heterocycles. The van der Waals surface area contributed by atoms with Gasteiger partial charge in [-0.05, 0) is 34.5 Å². The lowest BCUT2D eigenvalue weighted by molar-refractivity contribution is -0.122. The minimum Gasteiger partial charge on any atom is -0.445 e. The van der Waals surface area contributed by atoms with Gasteiger partial charge in [0.05, 0.1) is 18.2 Å². The third-order valence-corrected chi connectivity index (χ3v) is 4.90. The van der Waals surface area contributed by atoms with E-state index in [1.165, 1.54) is 0 Å². The van der Waals surface area contributed by atoms with Crippen molar-refractivity contribution in [2.75, 3.05) is 13.1 Å². The van der Waals surface area contributed by atoms with E-state index in [1.54, 1.807) is 6.20 Å². The molecule has 3 N–H and O–H groups in total. The van der Waals surface area contributed by atoms with Gasteiger partial charge < -0.3 is 25.3 Å². The van der Waals surface area contributed by atoms with Gasteiger partial charge in [-0.3, -0.25) is 9.78 Å². The Balaban J connectivity index is 1.28. The second-order valence-electron chi connectivity index (χ2n) is 6.89. The van der Waals surface area contributed by atoms with Crippen LogP contribution in [-0.2, 0) is 21.0 Å². The van der Waals surface area contributed by atoms with Crippen LogP contribution in [0.5, 0.6) is 0 Å². The highest BCUT2D eigenvalue weighted by Gasteiger charge is 2.20. The number of halogens is 1. The number of benzene rings is 1. The van der Waals surface area contributed by atoms with Crippen molar-refractivity contribution >= 4 is 43.5 Å². The van der Waals surface area contributed by atoms with Gasteiger partial charge in [-0.15, -0.1) is 0 Å². The molecule has 1 aromatic carbocycles. The van der Waals surface area contributed by atoms with Crippen LogP contribution < -0.4 is 10.6 Å². The highest BCUT2D eigenvalue weighted by Crippen LogP contribution is 2.14. The third-order valence-electron chi connectivity index (χ3n) is 4.43. The van der Waals surface area contributed by atoms with Crippen LogP contribution in [-0.4, -0.2) is 52.0 Å². The summed E-state index contributed by atoms with van der Waals surface area (Å²) in [5, 5.41) is 19.9. The maximum atomic E-state index is 11.8. The number of hydrogen-bond donors (Lipinski definition) is 3. The van der Waals surface area contributed by atoms with Crippen molar-refractivity contribution in [3.63, 3.8) is 0 Å². The van der Waals surface area contributed by atoms with Gasteiger partial charge in [-0.25, -0.2) is 4.79 Å². The first-order chi connectivity index (χ1) is 14.5. The molecule has 30 heavy (non-hydrogen) atoms. The Hall–Kier alpha value is -2.72. The average Bonchev–Trinajstić information content (AvgIpc) is 3.18. The van der Waals surface area contributed by atoms with Crippen LogP contribution in [0, 0.1) is 0 Å². The molecule has 0 radical (unpaired) electrons. The molecular formula is C20H23BrN4O5. The summed E-state index contributed by atoms with van der Waals surface area (Å²) in [4.78, 5) is 33.1. The Labute approximate surface area is 182 Å². The number of para-hydroxylation sites is 1. The van der Waals surface area contributed by atoms with Crippen molar-refractivity contribution < 1.29 is 24.3 Å². The number of hydrogen-bond acceptors (Lipinski definition) is 7. The molecule has 9 nitrogen and oxygen atoms in total. The van der Waals surface area contributed by atoms with E-state index in [-0.39, 0.29) is 38.0 Å². The summed E-state index contributed by atoms with van der Waals surface area (Å²) in [6.07, 6.45) is 0.945. The number of pyridine rings is 1. The van der Waals surface area contributed by atoms with Crippen molar-refractivity contribution in [1.82, 2.24) is 15.6 Å². The fourth-order valence-corrected chi connectivity index (χ4v) is 3.26. The van der Waals surface area contributed by atoms with Crippen molar-refractivity contribution in [2.45, 2.75) is 38.1 Å². The number of alkyl carbamates (subject to hydrolysis) is 1. The van der Waals surface area contributed by atoms with Gasteiger partial charge in [0.1, 0.15) is 11.2 Å². The van der Waals surface area contributed by atoms with Crippen molar-refractivity contribution in [1.29, 1.82) is 0 Å². The molecule has 0 aliphatic carbocycles. The van der Waals surface area contributed by atoms with E-state index >= 15 is 0 Å². The zero-order valence-electron chi connectivity index (χ0n) is 16.2. The van der Waals surface area contributed by atoms with Gasteiger partial charge in [-0.2, -0.15) is 0 Å². The normalized spacial score (nSPS) is 16.5. The first-order valence-electron chi connectivity index (χ1n) is 9.57. The maximum Gasteiger partial charge on any atom is 0.407 e. The number of nitrogens with zero attached hydrogens (tertiary/aromatic N) is 2. The van der Waals surface area contributed by atoms with Gasteiger partial charge in [0.15, 0.2) is 6.10 Å². The molecule has 3 rings (SSSR count). The summed E-state index contributed by atoms with van der Waals surface area (Å²) in [5.41, 5.74) is 1.64. The van der Waals surface area contributed by atoms with Crippen molar-refractivity contribution in [2.24, 2.45) is 5.16 Å². The summed E-state index contributed by atoms with van der Waals surface area (Å²) in [6, 6.07) is 9.58. The lowest BCUT2D eigenvalue weighted by Crippen LogP contribution is -2.35. The number of aliphatic hydroxyl groups is 1. The monoisotopic (exact) mass is 478 g/mol. The molecule has 1 aliphatic rings. The van der Waals surface area contributed by atoms with Gasteiger partial charge in [0.2, 0.25) is 5.91 Å². The molecule has 2 aromatic rings. The molecule has 0 bridgehead atoms. The van der Waals surface area contributed by atoms with E-state index in [0.717, 1.165) is 16.5 Å². The van der Waals surface area contributed by atoms with E-state index < -0.39 is 12.2 Å². The zero-order valence-corrected chi connectivity index (χ0v) is 17.8. The molecule has 10 heteroatoms. The number of oxime groups is 1. The van der Waals surface area contributed by atoms with Crippen LogP contribution in [0.15, 0.2) is 41.7 Å². The van der Waals surface area contributed by atoms with Gasteiger partial charge in [0, 0.05) is 36.5 Å². The minimum atomic E-state index is -0.856. The first-order valence-corrected chi connectivity index (χ1v) is 10.4. The highest BCUT2D eigenvalue weighted by atomic mass is 79.9. The molecular weight excluding hydrogens is 456 g/mol. The molecule has 160 valence electrons. The Morgan fingerprint density at radius 2 is 2.17 bits per heavy atom. The summed E-state index contributed by atoms with van der Waals surface area (Å²) < 4.78 is 5.86. The Kier molecular flexibility index (Phi) is 7.97. The van der Waals surface area contributed by atoms with Crippen molar-refractivity contribution in [3.8, 4) is 0 Å². The quantitative estimate of drug-likeness (QED) is 0.507. The number of amides is 2. The Bertz CT molecular complexity index is 923. The average molecular weight is 479 g/mol. The number of ether oxygens (including phenoxy) is 1. The highest BCUT2D eigenvalue weighted by molar-refractivity contribution is 9.18. The fourth-order valence-electron chi connectivity index (χ4n) is 2.82. The zero-order chi connectivity index (χ0) is 21.3. The molecule has 2 unspecified atom stereocenters. The number of aliphatic hydroxyl groups excluding tert-OH is 1. The van der Waals surface area contributed by atoms with Crippen LogP contribution >= 0.6 is 15.9 Å². The van der Waals surface area contributed by atoms with Gasteiger partial charge in [0.25, 0.3) is 0 Å². The predicted octanol–water partition coefficient (Wildman–Crippen LogP) is 2.22. The molecule has 2 atom stereocenters. The minimum absolute atomic E-state index is 0.00535. The van der Waals surface area contributed by atoms with Crippen LogP contribution in [0.25, 0.3) is 10.9 Å². The Morgan fingerprint density at radius 3 is 2.97 bits per heavy atom. The molecule has 2 amide bonds. The largest absolute Gasteiger partial charge is 0.445 e. The van der Waals surface area contributed by atoms with Crippen molar-refractivity contribution in [3.05, 3.63) is 42.1 Å². The second kappa shape index (κ2) is 10.9. The van der Waals surface area contributed by atoms with E-state index in [0.29, 0.717) is 17.6 Å². The Morgan fingerprint density at radius 1 is 1.33 bits per heavy atom. The number of aromatic nitrogens is 1. The summed E-state index contributed by atoms with van der Waals surface area (Å²) >= 11 is 3.23. The summed E-state index contributed by atoms with van der Waals surface area (Å²) in [6.45, 7) is 0.418. The molecule has 0 saturated carbocycles. The van der Waals surface area contributed by atoms with Gasteiger partial charge in [-0.1, -0.05) is 23.4 Å². The smallest absolute Gasteiger partial charge is 0.407 e. The van der Waals surface area contributed by atoms with E-state index in [2.05, 4.69) is 36.7 Å². The van der Waals surface area contributed by atoms with Crippen LogP contribution in [0.4, 0.5) is 4.79 Å². The maximum absolute atomic E-state index is 11.8. The molecule has 0 saturated heterocycles. The number of nitrogens with one attached hydrogen (secondary N) is 2. The van der Waals surface area contributed by atoms with Crippen LogP contribution in [0.2, 0.25) is 0 Å². The van der Waals surface area contributed by atoms with E-state index in [1.807, 2.05) is 30.3 Å². The second-order valence-corrected chi connectivity index (χ2v) is 7.80. The SMILES string of the molecule is O=C(CCC(O)CNC(=O)OCc1cnc2ccccc2c1)NCC1CC(Br)=NO1. The van der Waals surface area contributed by atoms with Crippen LogP contribution in [0.3, 0.4) is 0 Å². The molecule has 0 fully saturated rings. The molecule has 1 aromatic heterocycles.